The van der Waals surface area contributed by atoms with Crippen LogP contribution in [0.2, 0.25) is 0 Å². The van der Waals surface area contributed by atoms with Crippen molar-refractivity contribution in [2.45, 2.75) is 13.0 Å². The molecule has 0 aliphatic carbocycles. The predicted molar refractivity (Wildman–Crippen MR) is 126 cm³/mol. The number of rotatable bonds is 10. The van der Waals surface area contributed by atoms with Gasteiger partial charge in [-0.3, -0.25) is 4.99 Å². The lowest BCUT2D eigenvalue weighted by Gasteiger charge is -2.14. The van der Waals surface area contributed by atoms with Crippen LogP contribution in [0.25, 0.3) is 0 Å². The van der Waals surface area contributed by atoms with Crippen molar-refractivity contribution in [2.75, 3.05) is 41.5 Å². The molecule has 0 bridgehead atoms. The maximum absolute atomic E-state index is 5.74. The Kier molecular flexibility index (Phi) is 11.7. The summed E-state index contributed by atoms with van der Waals surface area (Å²) in [6.07, 6.45) is 0.837. The number of methoxy groups -OCH3 is 3. The zero-order valence-electron chi connectivity index (χ0n) is 17.4. The van der Waals surface area contributed by atoms with Gasteiger partial charge in [0.05, 0.1) is 27.9 Å². The largest absolute Gasteiger partial charge is 0.497 e. The van der Waals surface area contributed by atoms with Gasteiger partial charge < -0.3 is 29.6 Å². The van der Waals surface area contributed by atoms with Crippen molar-refractivity contribution in [2.24, 2.45) is 4.99 Å². The molecule has 0 radical (unpaired) electrons. The summed E-state index contributed by atoms with van der Waals surface area (Å²) in [6.45, 7) is 1.93. The first-order valence-corrected chi connectivity index (χ1v) is 9.12. The van der Waals surface area contributed by atoms with Gasteiger partial charge in [0, 0.05) is 37.8 Å². The van der Waals surface area contributed by atoms with Crippen molar-refractivity contribution in [3.8, 4) is 23.0 Å². The summed E-state index contributed by atoms with van der Waals surface area (Å²) in [5, 5.41) is 6.56. The van der Waals surface area contributed by atoms with Crippen LogP contribution in [-0.2, 0) is 6.54 Å². The number of nitrogens with one attached hydrogen (secondary N) is 2. The van der Waals surface area contributed by atoms with E-state index in [9.17, 15) is 0 Å². The van der Waals surface area contributed by atoms with Crippen molar-refractivity contribution in [1.82, 2.24) is 10.6 Å². The molecule has 0 aliphatic rings. The maximum atomic E-state index is 5.74. The molecule has 0 spiro atoms. The van der Waals surface area contributed by atoms with Crippen LogP contribution in [0.15, 0.2) is 47.5 Å². The molecule has 0 atom stereocenters. The highest BCUT2D eigenvalue weighted by Gasteiger charge is 2.06. The highest BCUT2D eigenvalue weighted by atomic mass is 127. The number of halogens is 1. The van der Waals surface area contributed by atoms with Crippen LogP contribution >= 0.6 is 24.0 Å². The minimum Gasteiger partial charge on any atom is -0.497 e. The van der Waals surface area contributed by atoms with Gasteiger partial charge >= 0.3 is 0 Å². The lowest BCUT2D eigenvalue weighted by molar-refractivity contribution is 0.308. The normalized spacial score (nSPS) is 10.6. The monoisotopic (exact) mass is 515 g/mol. The Balaban J connectivity index is 0.00000420. The lowest BCUT2D eigenvalue weighted by atomic mass is 10.2. The van der Waals surface area contributed by atoms with Crippen molar-refractivity contribution in [3.05, 3.63) is 48.0 Å². The fourth-order valence-electron chi connectivity index (χ4n) is 2.56. The summed E-state index contributed by atoms with van der Waals surface area (Å²) in [5.74, 6) is 3.84. The van der Waals surface area contributed by atoms with Crippen molar-refractivity contribution >= 4 is 29.9 Å². The summed E-state index contributed by atoms with van der Waals surface area (Å²) < 4.78 is 21.6. The third-order valence-corrected chi connectivity index (χ3v) is 4.09. The number of nitrogens with zero attached hydrogens (tertiary/aromatic N) is 1. The number of hydrogen-bond acceptors (Lipinski definition) is 5. The fourth-order valence-corrected chi connectivity index (χ4v) is 2.56. The van der Waals surface area contributed by atoms with Crippen LogP contribution in [0.1, 0.15) is 12.0 Å². The highest BCUT2D eigenvalue weighted by Crippen LogP contribution is 2.24. The van der Waals surface area contributed by atoms with E-state index < -0.39 is 0 Å². The zero-order valence-corrected chi connectivity index (χ0v) is 19.7. The van der Waals surface area contributed by atoms with E-state index in [1.807, 2.05) is 42.5 Å². The van der Waals surface area contributed by atoms with Crippen molar-refractivity contribution in [3.63, 3.8) is 0 Å². The van der Waals surface area contributed by atoms with E-state index in [0.29, 0.717) is 13.2 Å². The minimum atomic E-state index is 0. The van der Waals surface area contributed by atoms with E-state index in [0.717, 1.165) is 47.5 Å². The molecule has 0 saturated carbocycles. The third-order valence-electron chi connectivity index (χ3n) is 4.09. The number of hydrogen-bond donors (Lipinski definition) is 2. The van der Waals surface area contributed by atoms with Gasteiger partial charge in [-0.2, -0.15) is 0 Å². The van der Waals surface area contributed by atoms with Gasteiger partial charge in [0.15, 0.2) is 5.96 Å². The third kappa shape index (κ3) is 8.26. The molecule has 0 aliphatic heterocycles. The first kappa shape index (κ1) is 24.7. The Morgan fingerprint density at radius 1 is 0.897 bits per heavy atom. The SMILES string of the molecule is CN=C(NCCCOc1cccc(OC)c1)NCc1ccc(OC)cc1OC.I. The van der Waals surface area contributed by atoms with Crippen LogP contribution in [0.4, 0.5) is 0 Å². The van der Waals surface area contributed by atoms with Gasteiger partial charge in [-0.1, -0.05) is 6.07 Å². The van der Waals surface area contributed by atoms with Gasteiger partial charge in [0.1, 0.15) is 23.0 Å². The molecule has 160 valence electrons. The summed E-state index contributed by atoms with van der Waals surface area (Å²) in [5.41, 5.74) is 1.02. The van der Waals surface area contributed by atoms with Crippen LogP contribution in [0.3, 0.4) is 0 Å². The molecule has 2 rings (SSSR count). The van der Waals surface area contributed by atoms with E-state index >= 15 is 0 Å². The van der Waals surface area contributed by atoms with Crippen LogP contribution < -0.4 is 29.6 Å². The molecule has 2 aromatic carbocycles. The molecule has 0 fully saturated rings. The second kappa shape index (κ2) is 13.8. The summed E-state index contributed by atoms with van der Waals surface area (Å²) in [6, 6.07) is 13.3. The Labute approximate surface area is 189 Å². The highest BCUT2D eigenvalue weighted by molar-refractivity contribution is 14.0. The Hall–Kier alpha value is -2.36. The average molecular weight is 515 g/mol. The Morgan fingerprint density at radius 2 is 1.62 bits per heavy atom. The van der Waals surface area contributed by atoms with Gasteiger partial charge in [-0.05, 0) is 30.7 Å². The standard InChI is InChI=1S/C21H29N3O4.HI/c1-22-21(24-15-16-9-10-18(26-3)14-20(16)27-4)23-11-6-12-28-19-8-5-7-17(13-19)25-2;/h5,7-10,13-14H,6,11-12,15H2,1-4H3,(H2,22,23,24);1H. The van der Waals surface area contributed by atoms with Crippen LogP contribution in [-0.4, -0.2) is 47.5 Å². The smallest absolute Gasteiger partial charge is 0.191 e. The quantitative estimate of drug-likeness (QED) is 0.219. The first-order chi connectivity index (χ1) is 13.7. The molecular formula is C21H30IN3O4. The topological polar surface area (TPSA) is 73.3 Å². The van der Waals surface area contributed by atoms with E-state index in [1.165, 1.54) is 0 Å². The van der Waals surface area contributed by atoms with Gasteiger partial charge in [-0.25, -0.2) is 0 Å². The molecule has 0 heterocycles. The predicted octanol–water partition coefficient (Wildman–Crippen LogP) is 3.46. The molecule has 29 heavy (non-hydrogen) atoms. The number of ether oxygens (including phenoxy) is 4. The second-order valence-corrected chi connectivity index (χ2v) is 5.91. The zero-order chi connectivity index (χ0) is 20.2. The van der Waals surface area contributed by atoms with Crippen LogP contribution in [0.5, 0.6) is 23.0 Å². The minimum absolute atomic E-state index is 0. The number of guanidine groups is 1. The molecule has 0 amide bonds. The molecule has 0 saturated heterocycles. The molecule has 2 aromatic rings. The summed E-state index contributed by atoms with van der Waals surface area (Å²) in [4.78, 5) is 4.24. The fraction of sp³-hybridized carbons (Fsp3) is 0.381. The Bertz CT molecular complexity index is 771. The van der Waals surface area contributed by atoms with Crippen molar-refractivity contribution < 1.29 is 18.9 Å². The molecule has 0 unspecified atom stereocenters. The van der Waals surface area contributed by atoms with E-state index in [4.69, 9.17) is 18.9 Å². The number of benzene rings is 2. The van der Waals surface area contributed by atoms with Crippen LogP contribution in [0, 0.1) is 0 Å². The van der Waals surface area contributed by atoms with E-state index in [1.54, 1.807) is 28.4 Å². The van der Waals surface area contributed by atoms with Gasteiger partial charge in [0.25, 0.3) is 0 Å². The molecule has 0 aromatic heterocycles. The van der Waals surface area contributed by atoms with E-state index in [-0.39, 0.29) is 24.0 Å². The maximum Gasteiger partial charge on any atom is 0.191 e. The number of aliphatic imine (C=N–C) groups is 1. The summed E-state index contributed by atoms with van der Waals surface area (Å²) >= 11 is 0. The van der Waals surface area contributed by atoms with Gasteiger partial charge in [-0.15, -0.1) is 24.0 Å². The lowest BCUT2D eigenvalue weighted by Crippen LogP contribution is -2.37. The van der Waals surface area contributed by atoms with Gasteiger partial charge in [0.2, 0.25) is 0 Å². The summed E-state index contributed by atoms with van der Waals surface area (Å²) in [7, 11) is 6.67. The molecule has 2 N–H and O–H groups in total. The molecule has 8 heteroatoms. The van der Waals surface area contributed by atoms with Crippen molar-refractivity contribution in [1.29, 1.82) is 0 Å². The first-order valence-electron chi connectivity index (χ1n) is 9.12. The van der Waals surface area contributed by atoms with E-state index in [2.05, 4.69) is 15.6 Å². The average Bonchev–Trinajstić information content (AvgIpc) is 2.75. The molecule has 7 nitrogen and oxygen atoms in total. The Morgan fingerprint density at radius 3 is 2.31 bits per heavy atom. The molecular weight excluding hydrogens is 485 g/mol. The second-order valence-electron chi connectivity index (χ2n) is 5.91.